The summed E-state index contributed by atoms with van der Waals surface area (Å²) in [7, 11) is 1.57. The van der Waals surface area contributed by atoms with E-state index in [1.807, 2.05) is 84.9 Å². The minimum absolute atomic E-state index is 0.363. The Kier molecular flexibility index (Phi) is 8.79. The molecule has 0 spiro atoms. The number of nitrogens with one attached hydrogen (secondary N) is 1. The molecule has 4 rings (SSSR count). The van der Waals surface area contributed by atoms with Crippen molar-refractivity contribution in [1.29, 1.82) is 0 Å². The van der Waals surface area contributed by atoms with Gasteiger partial charge in [0.25, 0.3) is 5.91 Å². The van der Waals surface area contributed by atoms with E-state index in [1.54, 1.807) is 26.2 Å². The summed E-state index contributed by atoms with van der Waals surface area (Å²) >= 11 is 5.93. The lowest BCUT2D eigenvalue weighted by Crippen LogP contribution is -2.33. The third-order valence-corrected chi connectivity index (χ3v) is 5.78. The second kappa shape index (κ2) is 12.6. The molecule has 37 heavy (non-hydrogen) atoms. The van der Waals surface area contributed by atoms with Gasteiger partial charge < -0.3 is 14.2 Å². The lowest BCUT2D eigenvalue weighted by molar-refractivity contribution is -0.127. The van der Waals surface area contributed by atoms with Crippen LogP contribution in [0.25, 0.3) is 11.1 Å². The molecule has 0 aliphatic carbocycles. The molecule has 1 N–H and O–H groups in total. The van der Waals surface area contributed by atoms with E-state index >= 15 is 0 Å². The molecule has 4 aromatic carbocycles. The van der Waals surface area contributed by atoms with Gasteiger partial charge in [-0.15, -0.1) is 0 Å². The van der Waals surface area contributed by atoms with Gasteiger partial charge in [-0.05, 0) is 71.6 Å². The second-order valence-corrected chi connectivity index (χ2v) is 8.65. The SMILES string of the molecule is COc1cc(/C=N\NC(=O)[C@H](C)Oc2ccc(-c3ccccc3)cc2)ccc1OCc1ccc(Cl)cc1. The van der Waals surface area contributed by atoms with Crippen molar-refractivity contribution >= 4 is 23.7 Å². The molecule has 0 aliphatic heterocycles. The topological polar surface area (TPSA) is 69.2 Å². The van der Waals surface area contributed by atoms with Gasteiger partial charge in [0.05, 0.1) is 13.3 Å². The van der Waals surface area contributed by atoms with Crippen LogP contribution in [0.15, 0.2) is 102 Å². The standard InChI is InChI=1S/C30H27ClN2O4/c1-21(37-27-15-11-25(12-16-27)24-6-4-3-5-7-24)30(34)33-32-19-23-10-17-28(29(18-23)35-2)36-20-22-8-13-26(31)14-9-22/h3-19,21H,20H2,1-2H3,(H,33,34)/b32-19-/t21-/m0/s1. The molecule has 0 saturated carbocycles. The first-order chi connectivity index (χ1) is 18.0. The maximum Gasteiger partial charge on any atom is 0.280 e. The van der Waals surface area contributed by atoms with E-state index in [-0.39, 0.29) is 5.91 Å². The van der Waals surface area contributed by atoms with Gasteiger partial charge in [-0.1, -0.05) is 66.2 Å². The molecule has 0 aliphatic rings. The zero-order valence-electron chi connectivity index (χ0n) is 20.6. The van der Waals surface area contributed by atoms with E-state index in [0.717, 1.165) is 22.3 Å². The number of nitrogens with zero attached hydrogens (tertiary/aromatic N) is 1. The van der Waals surface area contributed by atoms with E-state index in [2.05, 4.69) is 10.5 Å². The molecule has 0 saturated heterocycles. The van der Waals surface area contributed by atoms with E-state index in [0.29, 0.717) is 28.9 Å². The third-order valence-electron chi connectivity index (χ3n) is 5.53. The van der Waals surface area contributed by atoms with Crippen molar-refractivity contribution < 1.29 is 19.0 Å². The van der Waals surface area contributed by atoms with Gasteiger partial charge in [0.15, 0.2) is 17.6 Å². The Balaban J connectivity index is 1.29. The van der Waals surface area contributed by atoms with Gasteiger partial charge in [-0.25, -0.2) is 5.43 Å². The second-order valence-electron chi connectivity index (χ2n) is 8.21. The highest BCUT2D eigenvalue weighted by molar-refractivity contribution is 6.30. The first-order valence-corrected chi connectivity index (χ1v) is 12.1. The van der Waals surface area contributed by atoms with Crippen LogP contribution in [0.2, 0.25) is 5.02 Å². The normalized spacial score (nSPS) is 11.6. The molecule has 6 nitrogen and oxygen atoms in total. The summed E-state index contributed by atoms with van der Waals surface area (Å²) in [5.41, 5.74) is 6.43. The van der Waals surface area contributed by atoms with Crippen molar-refractivity contribution in [3.05, 3.63) is 113 Å². The fourth-order valence-corrected chi connectivity index (χ4v) is 3.63. The molecular formula is C30H27ClN2O4. The lowest BCUT2D eigenvalue weighted by atomic mass is 10.1. The summed E-state index contributed by atoms with van der Waals surface area (Å²) < 4.78 is 17.1. The van der Waals surface area contributed by atoms with Crippen molar-refractivity contribution in [2.24, 2.45) is 5.10 Å². The summed E-state index contributed by atoms with van der Waals surface area (Å²) in [6, 6.07) is 30.5. The Bertz CT molecular complexity index is 1340. The Morgan fingerprint density at radius 2 is 1.62 bits per heavy atom. The number of carbonyl (C=O) groups excluding carboxylic acids is 1. The number of rotatable bonds is 10. The molecule has 1 atom stereocenters. The van der Waals surface area contributed by atoms with Crippen LogP contribution in [-0.2, 0) is 11.4 Å². The molecule has 0 radical (unpaired) electrons. The monoisotopic (exact) mass is 514 g/mol. The van der Waals surface area contributed by atoms with Crippen molar-refractivity contribution in [2.75, 3.05) is 7.11 Å². The zero-order valence-corrected chi connectivity index (χ0v) is 21.3. The van der Waals surface area contributed by atoms with Gasteiger partial charge in [0.1, 0.15) is 12.4 Å². The molecule has 0 unspecified atom stereocenters. The highest BCUT2D eigenvalue weighted by atomic mass is 35.5. The molecule has 1 amide bonds. The minimum Gasteiger partial charge on any atom is -0.493 e. The number of carbonyl (C=O) groups is 1. The average molecular weight is 515 g/mol. The van der Waals surface area contributed by atoms with Gasteiger partial charge in [0, 0.05) is 5.02 Å². The van der Waals surface area contributed by atoms with Crippen LogP contribution in [0.3, 0.4) is 0 Å². The lowest BCUT2D eigenvalue weighted by Gasteiger charge is -2.13. The van der Waals surface area contributed by atoms with Crippen molar-refractivity contribution in [3.8, 4) is 28.4 Å². The van der Waals surface area contributed by atoms with Crippen LogP contribution in [0.5, 0.6) is 17.2 Å². The van der Waals surface area contributed by atoms with E-state index in [4.69, 9.17) is 25.8 Å². The summed E-state index contributed by atoms with van der Waals surface area (Å²) in [6.07, 6.45) is 0.808. The zero-order chi connectivity index (χ0) is 26.0. The van der Waals surface area contributed by atoms with Crippen molar-refractivity contribution in [3.63, 3.8) is 0 Å². The first-order valence-electron chi connectivity index (χ1n) is 11.7. The molecule has 0 heterocycles. The average Bonchev–Trinajstić information content (AvgIpc) is 2.94. The Labute approximate surface area is 221 Å². The van der Waals surface area contributed by atoms with Crippen molar-refractivity contribution in [2.45, 2.75) is 19.6 Å². The largest absolute Gasteiger partial charge is 0.493 e. The molecule has 4 aromatic rings. The summed E-state index contributed by atoms with van der Waals surface area (Å²) in [4.78, 5) is 12.4. The number of hydrogen-bond donors (Lipinski definition) is 1. The fraction of sp³-hybridized carbons (Fsp3) is 0.133. The Morgan fingerprint density at radius 1 is 0.919 bits per heavy atom. The number of halogens is 1. The highest BCUT2D eigenvalue weighted by Crippen LogP contribution is 2.28. The van der Waals surface area contributed by atoms with E-state index < -0.39 is 6.10 Å². The molecular weight excluding hydrogens is 488 g/mol. The smallest absolute Gasteiger partial charge is 0.280 e. The summed E-state index contributed by atoms with van der Waals surface area (Å²) in [5, 5.41) is 4.73. The number of hydrazone groups is 1. The predicted octanol–water partition coefficient (Wildman–Crippen LogP) is 6.51. The molecule has 188 valence electrons. The molecule has 0 aromatic heterocycles. The molecule has 0 bridgehead atoms. The summed E-state index contributed by atoms with van der Waals surface area (Å²) in [6.45, 7) is 2.05. The van der Waals surface area contributed by atoms with E-state index in [1.165, 1.54) is 6.21 Å². The van der Waals surface area contributed by atoms with Gasteiger partial charge in [0.2, 0.25) is 0 Å². The quantitative estimate of drug-likeness (QED) is 0.193. The number of methoxy groups -OCH3 is 1. The third kappa shape index (κ3) is 7.35. The Morgan fingerprint density at radius 3 is 2.32 bits per heavy atom. The van der Waals surface area contributed by atoms with Crippen LogP contribution in [0.4, 0.5) is 0 Å². The van der Waals surface area contributed by atoms with Gasteiger partial charge in [-0.3, -0.25) is 4.79 Å². The number of ether oxygens (including phenoxy) is 3. The highest BCUT2D eigenvalue weighted by Gasteiger charge is 2.14. The molecule has 7 heteroatoms. The predicted molar refractivity (Wildman–Crippen MR) is 146 cm³/mol. The van der Waals surface area contributed by atoms with E-state index in [9.17, 15) is 4.79 Å². The van der Waals surface area contributed by atoms with Crippen LogP contribution in [0, 0.1) is 0 Å². The first kappa shape index (κ1) is 25.8. The van der Waals surface area contributed by atoms with Crippen LogP contribution in [-0.4, -0.2) is 25.3 Å². The fourth-order valence-electron chi connectivity index (χ4n) is 3.50. The maximum absolute atomic E-state index is 12.4. The molecule has 0 fully saturated rings. The van der Waals surface area contributed by atoms with Crippen molar-refractivity contribution in [1.82, 2.24) is 5.43 Å². The number of hydrogen-bond acceptors (Lipinski definition) is 5. The van der Waals surface area contributed by atoms with Crippen LogP contribution < -0.4 is 19.6 Å². The maximum atomic E-state index is 12.4. The number of amides is 1. The van der Waals surface area contributed by atoms with Crippen LogP contribution in [0.1, 0.15) is 18.1 Å². The minimum atomic E-state index is -0.724. The van der Waals surface area contributed by atoms with Gasteiger partial charge >= 0.3 is 0 Å². The van der Waals surface area contributed by atoms with Gasteiger partial charge in [-0.2, -0.15) is 5.10 Å². The number of benzene rings is 4. The summed E-state index contributed by atoms with van der Waals surface area (Å²) in [5.74, 6) is 1.39. The van der Waals surface area contributed by atoms with Crippen LogP contribution >= 0.6 is 11.6 Å². The Hall–Kier alpha value is -4.29.